The van der Waals surface area contributed by atoms with Crippen LogP contribution in [0, 0.1) is 0 Å². The molecule has 1 aromatic carbocycles. The maximum atomic E-state index is 12.6. The molecule has 0 spiro atoms. The molecule has 2 heterocycles. The van der Waals surface area contributed by atoms with E-state index in [4.69, 9.17) is 9.47 Å². The first-order valence-electron chi connectivity index (χ1n) is 8.82. The second-order valence-electron chi connectivity index (χ2n) is 7.07. The lowest BCUT2D eigenvalue weighted by molar-refractivity contribution is -0.143. The molecule has 0 aliphatic carbocycles. The van der Waals surface area contributed by atoms with E-state index >= 15 is 0 Å². The van der Waals surface area contributed by atoms with Gasteiger partial charge in [-0.25, -0.2) is 4.79 Å². The van der Waals surface area contributed by atoms with Gasteiger partial charge in [0.2, 0.25) is 0 Å². The van der Waals surface area contributed by atoms with Crippen LogP contribution >= 0.6 is 0 Å². The molecule has 0 N–H and O–H groups in total. The Kier molecular flexibility index (Phi) is 5.03. The van der Waals surface area contributed by atoms with E-state index in [1.807, 2.05) is 45.0 Å². The van der Waals surface area contributed by atoms with Crippen LogP contribution in [0.5, 0.6) is 0 Å². The van der Waals surface area contributed by atoms with E-state index in [0.29, 0.717) is 18.0 Å². The number of nitrogens with zero attached hydrogens (tertiary/aromatic N) is 3. The molecule has 3 aromatic rings. The van der Waals surface area contributed by atoms with Gasteiger partial charge >= 0.3 is 12.1 Å². The first-order chi connectivity index (χ1) is 12.8. The summed E-state index contributed by atoms with van der Waals surface area (Å²) < 4.78 is 13.5. The first kappa shape index (κ1) is 18.7. The smallest absolute Gasteiger partial charge is 0.419 e. The third-order valence-corrected chi connectivity index (χ3v) is 3.82. The fourth-order valence-electron chi connectivity index (χ4n) is 2.81. The molecule has 0 aliphatic rings. The van der Waals surface area contributed by atoms with Crippen molar-refractivity contribution < 1.29 is 19.1 Å². The lowest BCUT2D eigenvalue weighted by Gasteiger charge is -2.20. The minimum Gasteiger partial charge on any atom is -0.465 e. The Hall–Kier alpha value is -3.09. The zero-order valence-corrected chi connectivity index (χ0v) is 15.9. The molecular weight excluding hydrogens is 346 g/mol. The summed E-state index contributed by atoms with van der Waals surface area (Å²) in [6.45, 7) is 7.53. The number of esters is 1. The van der Waals surface area contributed by atoms with Gasteiger partial charge in [0.05, 0.1) is 17.8 Å². The third-order valence-electron chi connectivity index (χ3n) is 3.82. The van der Waals surface area contributed by atoms with Gasteiger partial charge in [-0.1, -0.05) is 18.2 Å². The number of ether oxygens (including phenoxy) is 2. The van der Waals surface area contributed by atoms with E-state index in [1.54, 1.807) is 29.9 Å². The summed E-state index contributed by atoms with van der Waals surface area (Å²) in [5, 5.41) is 5.42. The number of hydrogen-bond acceptors (Lipinski definition) is 5. The van der Waals surface area contributed by atoms with Crippen molar-refractivity contribution in [1.82, 2.24) is 14.3 Å². The molecule has 0 amide bonds. The maximum absolute atomic E-state index is 12.6. The van der Waals surface area contributed by atoms with Crippen molar-refractivity contribution in [2.45, 2.75) is 39.8 Å². The van der Waals surface area contributed by atoms with Crippen LogP contribution in [0.3, 0.4) is 0 Å². The van der Waals surface area contributed by atoms with Gasteiger partial charge in [0, 0.05) is 11.6 Å². The Morgan fingerprint density at radius 2 is 1.85 bits per heavy atom. The van der Waals surface area contributed by atoms with E-state index in [0.717, 1.165) is 10.9 Å². The quantitative estimate of drug-likeness (QED) is 0.653. The van der Waals surface area contributed by atoms with Crippen molar-refractivity contribution in [2.24, 2.45) is 0 Å². The van der Waals surface area contributed by atoms with Crippen molar-refractivity contribution in [1.29, 1.82) is 0 Å². The second kappa shape index (κ2) is 7.26. The minimum absolute atomic E-state index is 0.00149. The average Bonchev–Trinajstić information content (AvgIpc) is 3.19. The summed E-state index contributed by atoms with van der Waals surface area (Å²) in [5.41, 5.74) is 1.38. The lowest BCUT2D eigenvalue weighted by atomic mass is 10.1. The number of aromatic nitrogens is 3. The van der Waals surface area contributed by atoms with Crippen LogP contribution in [0.4, 0.5) is 4.79 Å². The van der Waals surface area contributed by atoms with E-state index in [2.05, 4.69) is 5.10 Å². The summed E-state index contributed by atoms with van der Waals surface area (Å²) in [6, 6.07) is 11.1. The molecule has 0 radical (unpaired) electrons. The predicted octanol–water partition coefficient (Wildman–Crippen LogP) is 3.85. The number of fused-ring (bicyclic) bond motifs is 1. The van der Waals surface area contributed by atoms with Crippen LogP contribution in [-0.2, 0) is 20.8 Å². The van der Waals surface area contributed by atoms with Crippen LogP contribution < -0.4 is 0 Å². The summed E-state index contributed by atoms with van der Waals surface area (Å²) in [4.78, 5) is 24.5. The topological polar surface area (TPSA) is 75.4 Å². The van der Waals surface area contributed by atoms with Crippen LogP contribution in [0.2, 0.25) is 0 Å². The molecule has 7 heteroatoms. The maximum Gasteiger partial charge on any atom is 0.419 e. The SMILES string of the molecule is CCOC(=O)Cn1nc(-c2cccn2C(=O)OC(C)(C)C)c2ccccc21. The molecule has 0 unspecified atom stereocenters. The van der Waals surface area contributed by atoms with Crippen molar-refractivity contribution in [3.05, 3.63) is 42.6 Å². The highest BCUT2D eigenvalue weighted by Crippen LogP contribution is 2.29. The van der Waals surface area contributed by atoms with E-state index in [1.165, 1.54) is 4.57 Å². The number of benzene rings is 1. The Balaban J connectivity index is 2.05. The molecule has 27 heavy (non-hydrogen) atoms. The molecule has 0 atom stereocenters. The molecule has 0 saturated heterocycles. The fourth-order valence-corrected chi connectivity index (χ4v) is 2.81. The van der Waals surface area contributed by atoms with Gasteiger partial charge in [-0.2, -0.15) is 5.10 Å². The zero-order valence-electron chi connectivity index (χ0n) is 15.9. The highest BCUT2D eigenvalue weighted by molar-refractivity contribution is 5.95. The normalized spacial score (nSPS) is 11.6. The van der Waals surface area contributed by atoms with Gasteiger partial charge in [0.25, 0.3) is 0 Å². The largest absolute Gasteiger partial charge is 0.465 e. The molecule has 7 nitrogen and oxygen atoms in total. The monoisotopic (exact) mass is 369 g/mol. The van der Waals surface area contributed by atoms with Crippen LogP contribution in [0.25, 0.3) is 22.3 Å². The van der Waals surface area contributed by atoms with Gasteiger partial charge in [0.15, 0.2) is 0 Å². The van der Waals surface area contributed by atoms with Crippen molar-refractivity contribution in [3.63, 3.8) is 0 Å². The van der Waals surface area contributed by atoms with E-state index in [9.17, 15) is 9.59 Å². The summed E-state index contributed by atoms with van der Waals surface area (Å²) >= 11 is 0. The van der Waals surface area contributed by atoms with E-state index < -0.39 is 11.7 Å². The third kappa shape index (κ3) is 4.02. The van der Waals surface area contributed by atoms with Crippen LogP contribution in [0.15, 0.2) is 42.6 Å². The van der Waals surface area contributed by atoms with Crippen molar-refractivity contribution in [2.75, 3.05) is 6.61 Å². The average molecular weight is 369 g/mol. The molecule has 0 fully saturated rings. The first-order valence-corrected chi connectivity index (χ1v) is 8.82. The number of hydrogen-bond donors (Lipinski definition) is 0. The Labute approximate surface area is 157 Å². The van der Waals surface area contributed by atoms with Crippen molar-refractivity contribution in [3.8, 4) is 11.4 Å². The highest BCUT2D eigenvalue weighted by atomic mass is 16.6. The Morgan fingerprint density at radius 1 is 1.11 bits per heavy atom. The molecule has 3 rings (SSSR count). The second-order valence-corrected chi connectivity index (χ2v) is 7.07. The van der Waals surface area contributed by atoms with Crippen LogP contribution in [0.1, 0.15) is 27.7 Å². The number of rotatable bonds is 4. The van der Waals surface area contributed by atoms with Gasteiger partial charge < -0.3 is 9.47 Å². The van der Waals surface area contributed by atoms with Crippen LogP contribution in [-0.4, -0.2) is 38.6 Å². The molecule has 142 valence electrons. The minimum atomic E-state index is -0.607. The van der Waals surface area contributed by atoms with Gasteiger partial charge in [0.1, 0.15) is 17.8 Å². The fraction of sp³-hybridized carbons (Fsp3) is 0.350. The zero-order chi connectivity index (χ0) is 19.6. The Bertz CT molecular complexity index is 979. The van der Waals surface area contributed by atoms with Gasteiger partial charge in [-0.05, 0) is 45.9 Å². The summed E-state index contributed by atoms with van der Waals surface area (Å²) in [6.07, 6.45) is 1.16. The Morgan fingerprint density at radius 3 is 2.56 bits per heavy atom. The van der Waals surface area contributed by atoms with Crippen molar-refractivity contribution >= 4 is 23.0 Å². The summed E-state index contributed by atoms with van der Waals surface area (Å²) in [5.74, 6) is -0.361. The lowest BCUT2D eigenvalue weighted by Crippen LogP contribution is -2.27. The molecule has 0 bridgehead atoms. The number of para-hydroxylation sites is 1. The highest BCUT2D eigenvalue weighted by Gasteiger charge is 2.22. The standard InChI is InChI=1S/C20H23N3O4/c1-5-26-17(24)13-23-15-10-7-6-9-14(15)18(21-23)16-11-8-12-22(16)19(25)27-20(2,3)4/h6-12H,5,13H2,1-4H3. The van der Waals surface area contributed by atoms with Gasteiger partial charge in [-0.15, -0.1) is 0 Å². The molecular formula is C20H23N3O4. The molecule has 0 saturated carbocycles. The predicted molar refractivity (Wildman–Crippen MR) is 101 cm³/mol. The molecule has 0 aliphatic heterocycles. The molecule has 2 aromatic heterocycles. The van der Waals surface area contributed by atoms with Gasteiger partial charge in [-0.3, -0.25) is 14.0 Å². The number of carbonyl (C=O) groups is 2. The number of carbonyl (C=O) groups excluding carboxylic acids is 2. The summed E-state index contributed by atoms with van der Waals surface area (Å²) in [7, 11) is 0. The van der Waals surface area contributed by atoms with E-state index in [-0.39, 0.29) is 12.5 Å².